The van der Waals surface area contributed by atoms with Crippen molar-refractivity contribution >= 4 is 36.4 Å². The summed E-state index contributed by atoms with van der Waals surface area (Å²) in [6.07, 6.45) is 0. The van der Waals surface area contributed by atoms with Crippen LogP contribution in [-0.2, 0) is 0 Å². The predicted octanol–water partition coefficient (Wildman–Crippen LogP) is 2.28. The highest BCUT2D eigenvalue weighted by Crippen LogP contribution is 2.18. The third-order valence-electron chi connectivity index (χ3n) is 1.63. The Kier molecular flexibility index (Phi) is 8.49. The van der Waals surface area contributed by atoms with Crippen LogP contribution in [0.1, 0.15) is 11.6 Å². The molecule has 1 rings (SSSR count). The highest BCUT2D eigenvalue weighted by molar-refractivity contribution is 6.30. The van der Waals surface area contributed by atoms with Gasteiger partial charge in [0.25, 0.3) is 0 Å². The van der Waals surface area contributed by atoms with Crippen molar-refractivity contribution in [2.24, 2.45) is 11.5 Å². The molecule has 82 valence electrons. The van der Waals surface area contributed by atoms with Gasteiger partial charge >= 0.3 is 0 Å². The molecule has 0 amide bonds. The molecule has 14 heavy (non-hydrogen) atoms. The standard InChI is InChI=1S/C8H10ClFN2.2ClH/c9-6-2-1-5(3-7(6)10)8(12)4-11;;/h1-3,8H,4,11-12H2;2*1H/t8-;;/m1../s1. The molecule has 0 bridgehead atoms. The molecular formula is C8H12Cl3FN2. The van der Waals surface area contributed by atoms with Gasteiger partial charge in [-0.1, -0.05) is 17.7 Å². The topological polar surface area (TPSA) is 52.0 Å². The van der Waals surface area contributed by atoms with Crippen molar-refractivity contribution in [2.45, 2.75) is 6.04 Å². The molecule has 0 saturated heterocycles. The van der Waals surface area contributed by atoms with E-state index in [-0.39, 0.29) is 35.9 Å². The van der Waals surface area contributed by atoms with Crippen LogP contribution in [0.2, 0.25) is 5.02 Å². The molecule has 0 aliphatic carbocycles. The molecule has 0 aromatic heterocycles. The van der Waals surface area contributed by atoms with Crippen molar-refractivity contribution < 1.29 is 4.39 Å². The first-order valence-electron chi connectivity index (χ1n) is 3.55. The van der Waals surface area contributed by atoms with Crippen molar-refractivity contribution in [3.05, 3.63) is 34.6 Å². The number of benzene rings is 1. The van der Waals surface area contributed by atoms with Crippen molar-refractivity contribution in [2.75, 3.05) is 6.54 Å². The molecule has 0 spiro atoms. The first-order chi connectivity index (χ1) is 5.65. The van der Waals surface area contributed by atoms with Crippen LogP contribution in [-0.4, -0.2) is 6.54 Å². The lowest BCUT2D eigenvalue weighted by molar-refractivity contribution is 0.620. The summed E-state index contributed by atoms with van der Waals surface area (Å²) in [6.45, 7) is 0.293. The number of hydrogen-bond acceptors (Lipinski definition) is 2. The van der Waals surface area contributed by atoms with Gasteiger partial charge in [0.15, 0.2) is 0 Å². The fourth-order valence-electron chi connectivity index (χ4n) is 0.879. The summed E-state index contributed by atoms with van der Waals surface area (Å²) in [6, 6.07) is 4.13. The Labute approximate surface area is 99.6 Å². The Morgan fingerprint density at radius 2 is 1.93 bits per heavy atom. The molecule has 4 N–H and O–H groups in total. The fraction of sp³-hybridized carbons (Fsp3) is 0.250. The van der Waals surface area contributed by atoms with Crippen molar-refractivity contribution in [3.63, 3.8) is 0 Å². The number of nitrogens with two attached hydrogens (primary N) is 2. The molecule has 0 heterocycles. The Morgan fingerprint density at radius 1 is 1.36 bits per heavy atom. The molecule has 0 radical (unpaired) electrons. The summed E-state index contributed by atoms with van der Waals surface area (Å²) in [5.41, 5.74) is 11.6. The summed E-state index contributed by atoms with van der Waals surface area (Å²) in [7, 11) is 0. The number of rotatable bonds is 2. The summed E-state index contributed by atoms with van der Waals surface area (Å²) in [4.78, 5) is 0. The SMILES string of the molecule is Cl.Cl.NC[C@@H](N)c1ccc(Cl)c(F)c1. The summed E-state index contributed by atoms with van der Waals surface area (Å²) < 4.78 is 12.8. The maximum absolute atomic E-state index is 12.8. The average Bonchev–Trinajstić information content (AvgIpc) is 2.08. The van der Waals surface area contributed by atoms with Crippen LogP contribution in [0.3, 0.4) is 0 Å². The van der Waals surface area contributed by atoms with Crippen LogP contribution in [0.25, 0.3) is 0 Å². The Morgan fingerprint density at radius 3 is 2.36 bits per heavy atom. The zero-order valence-corrected chi connectivity index (χ0v) is 9.63. The van der Waals surface area contributed by atoms with Crippen molar-refractivity contribution in [1.82, 2.24) is 0 Å². The second-order valence-electron chi connectivity index (χ2n) is 2.52. The second-order valence-corrected chi connectivity index (χ2v) is 2.92. The monoisotopic (exact) mass is 260 g/mol. The van der Waals surface area contributed by atoms with Crippen LogP contribution >= 0.6 is 36.4 Å². The smallest absolute Gasteiger partial charge is 0.142 e. The molecule has 1 aromatic carbocycles. The van der Waals surface area contributed by atoms with E-state index in [1.54, 1.807) is 6.07 Å². The fourth-order valence-corrected chi connectivity index (χ4v) is 0.997. The largest absolute Gasteiger partial charge is 0.329 e. The minimum absolute atomic E-state index is 0. The van der Waals surface area contributed by atoms with Gasteiger partial charge in [-0.2, -0.15) is 0 Å². The number of hydrogen-bond donors (Lipinski definition) is 2. The number of halogens is 4. The van der Waals surface area contributed by atoms with E-state index in [1.807, 2.05) is 0 Å². The van der Waals surface area contributed by atoms with E-state index in [4.69, 9.17) is 23.1 Å². The minimum Gasteiger partial charge on any atom is -0.329 e. The molecular weight excluding hydrogens is 249 g/mol. The maximum atomic E-state index is 12.8. The van der Waals surface area contributed by atoms with E-state index in [0.717, 1.165) is 0 Å². The van der Waals surface area contributed by atoms with Gasteiger partial charge in [0.1, 0.15) is 5.82 Å². The highest BCUT2D eigenvalue weighted by atomic mass is 35.5. The molecule has 1 atom stereocenters. The Balaban J connectivity index is 0. The first kappa shape index (κ1) is 16.4. The van der Waals surface area contributed by atoms with E-state index in [1.165, 1.54) is 12.1 Å². The average molecular weight is 262 g/mol. The van der Waals surface area contributed by atoms with E-state index < -0.39 is 5.82 Å². The van der Waals surface area contributed by atoms with Crippen LogP contribution in [0.15, 0.2) is 18.2 Å². The van der Waals surface area contributed by atoms with Gasteiger partial charge in [0, 0.05) is 12.6 Å². The predicted molar refractivity (Wildman–Crippen MR) is 61.9 cm³/mol. The molecule has 0 saturated carbocycles. The lowest BCUT2D eigenvalue weighted by Crippen LogP contribution is -2.20. The van der Waals surface area contributed by atoms with Crippen LogP contribution in [0.5, 0.6) is 0 Å². The molecule has 2 nitrogen and oxygen atoms in total. The van der Waals surface area contributed by atoms with Gasteiger partial charge in [-0.25, -0.2) is 4.39 Å². The van der Waals surface area contributed by atoms with Crippen LogP contribution in [0, 0.1) is 5.82 Å². The summed E-state index contributed by atoms with van der Waals surface area (Å²) >= 11 is 5.48. The van der Waals surface area contributed by atoms with Gasteiger partial charge in [0.05, 0.1) is 5.02 Å². The van der Waals surface area contributed by atoms with Crippen molar-refractivity contribution in [1.29, 1.82) is 0 Å². The summed E-state index contributed by atoms with van der Waals surface area (Å²) in [5.74, 6) is -0.460. The lowest BCUT2D eigenvalue weighted by atomic mass is 10.1. The van der Waals surface area contributed by atoms with Gasteiger partial charge < -0.3 is 11.5 Å². The quantitative estimate of drug-likeness (QED) is 0.858. The van der Waals surface area contributed by atoms with Gasteiger partial charge in [-0.15, -0.1) is 24.8 Å². The Bertz CT molecular complexity index is 283. The van der Waals surface area contributed by atoms with E-state index in [9.17, 15) is 4.39 Å². The molecule has 0 aliphatic rings. The maximum Gasteiger partial charge on any atom is 0.142 e. The van der Waals surface area contributed by atoms with E-state index in [0.29, 0.717) is 12.1 Å². The van der Waals surface area contributed by atoms with Gasteiger partial charge in [-0.3, -0.25) is 0 Å². The zero-order valence-electron chi connectivity index (χ0n) is 7.24. The normalized spacial score (nSPS) is 11.1. The molecule has 0 unspecified atom stereocenters. The molecule has 1 aromatic rings. The highest BCUT2D eigenvalue weighted by Gasteiger charge is 2.06. The second kappa shape index (κ2) is 7.26. The van der Waals surface area contributed by atoms with Crippen molar-refractivity contribution in [3.8, 4) is 0 Å². The first-order valence-corrected chi connectivity index (χ1v) is 3.93. The van der Waals surface area contributed by atoms with E-state index in [2.05, 4.69) is 0 Å². The zero-order chi connectivity index (χ0) is 9.14. The van der Waals surface area contributed by atoms with Crippen LogP contribution < -0.4 is 11.5 Å². The lowest BCUT2D eigenvalue weighted by Gasteiger charge is -2.08. The molecule has 0 fully saturated rings. The molecule has 6 heteroatoms. The minimum atomic E-state index is -0.460. The van der Waals surface area contributed by atoms with Gasteiger partial charge in [-0.05, 0) is 17.7 Å². The third-order valence-corrected chi connectivity index (χ3v) is 1.93. The Hall–Kier alpha value is -0.0600. The van der Waals surface area contributed by atoms with Gasteiger partial charge in [0.2, 0.25) is 0 Å². The molecule has 0 aliphatic heterocycles. The third kappa shape index (κ3) is 3.98. The van der Waals surface area contributed by atoms with E-state index >= 15 is 0 Å². The van der Waals surface area contributed by atoms with Crippen LogP contribution in [0.4, 0.5) is 4.39 Å². The summed E-state index contributed by atoms with van der Waals surface area (Å²) in [5, 5.41) is 0.1000.